The van der Waals surface area contributed by atoms with Gasteiger partial charge in [0.05, 0.1) is 0 Å². The predicted molar refractivity (Wildman–Crippen MR) is 70.9 cm³/mol. The van der Waals surface area contributed by atoms with Gasteiger partial charge in [-0.15, -0.1) is 0 Å². The average Bonchev–Trinajstić information content (AvgIpc) is 2.71. The molecule has 17 heavy (non-hydrogen) atoms. The first-order chi connectivity index (χ1) is 8.17. The molecule has 0 amide bonds. The quantitative estimate of drug-likeness (QED) is 0.755. The lowest BCUT2D eigenvalue weighted by Crippen LogP contribution is -2.26. The molecular weight excluding hydrogens is 212 g/mol. The molecule has 4 heteroatoms. The van der Waals surface area contributed by atoms with E-state index in [2.05, 4.69) is 36.2 Å². The van der Waals surface area contributed by atoms with Gasteiger partial charge in [-0.25, -0.2) is 9.67 Å². The lowest BCUT2D eigenvalue weighted by atomic mass is 10.1. The van der Waals surface area contributed by atoms with Crippen molar-refractivity contribution in [2.24, 2.45) is 5.92 Å². The number of rotatable bonds is 8. The third-order valence-corrected chi connectivity index (χ3v) is 3.00. The van der Waals surface area contributed by atoms with E-state index in [1.807, 2.05) is 11.7 Å². The summed E-state index contributed by atoms with van der Waals surface area (Å²) in [6.07, 6.45) is 6.28. The molecule has 1 atom stereocenters. The minimum atomic E-state index is 0.601. The van der Waals surface area contributed by atoms with E-state index < -0.39 is 0 Å². The number of nitrogens with zero attached hydrogens (tertiary/aromatic N) is 3. The van der Waals surface area contributed by atoms with E-state index in [0.29, 0.717) is 12.0 Å². The highest BCUT2D eigenvalue weighted by molar-refractivity contribution is 4.86. The van der Waals surface area contributed by atoms with Gasteiger partial charge >= 0.3 is 0 Å². The Hall–Kier alpha value is -0.900. The number of aryl methyl sites for hydroxylation is 1. The highest BCUT2D eigenvalue weighted by Crippen LogP contribution is 2.08. The maximum Gasteiger partial charge on any atom is 0.138 e. The first kappa shape index (κ1) is 14.2. The molecule has 1 unspecified atom stereocenters. The van der Waals surface area contributed by atoms with E-state index in [-0.39, 0.29) is 0 Å². The van der Waals surface area contributed by atoms with Crippen LogP contribution in [0, 0.1) is 5.92 Å². The molecule has 0 saturated carbocycles. The normalized spacial score (nSPS) is 13.2. The van der Waals surface area contributed by atoms with Crippen molar-refractivity contribution in [3.05, 3.63) is 12.2 Å². The summed E-state index contributed by atoms with van der Waals surface area (Å²) >= 11 is 0. The molecule has 0 radical (unpaired) electrons. The lowest BCUT2D eigenvalue weighted by molar-refractivity contribution is 0.441. The summed E-state index contributed by atoms with van der Waals surface area (Å²) in [5.41, 5.74) is 0. The average molecular weight is 238 g/mol. The Morgan fingerprint density at radius 3 is 2.71 bits per heavy atom. The summed E-state index contributed by atoms with van der Waals surface area (Å²) < 4.78 is 2.04. The minimum absolute atomic E-state index is 0.601. The molecule has 0 fully saturated rings. The van der Waals surface area contributed by atoms with Gasteiger partial charge in [0, 0.05) is 19.0 Å². The lowest BCUT2D eigenvalue weighted by Gasteiger charge is -2.15. The van der Waals surface area contributed by atoms with E-state index in [4.69, 9.17) is 0 Å². The van der Waals surface area contributed by atoms with Crippen LogP contribution in [0.4, 0.5) is 0 Å². The van der Waals surface area contributed by atoms with Crippen LogP contribution < -0.4 is 5.32 Å². The van der Waals surface area contributed by atoms with Gasteiger partial charge in [-0.1, -0.05) is 27.2 Å². The molecule has 1 N–H and O–H groups in total. The summed E-state index contributed by atoms with van der Waals surface area (Å²) in [5.74, 6) is 1.74. The van der Waals surface area contributed by atoms with Crippen molar-refractivity contribution in [2.45, 2.75) is 59.0 Å². The molecule has 4 nitrogen and oxygen atoms in total. The highest BCUT2D eigenvalue weighted by atomic mass is 15.3. The Kier molecular flexibility index (Phi) is 6.19. The second-order valence-electron chi connectivity index (χ2n) is 5.07. The van der Waals surface area contributed by atoms with Crippen LogP contribution in [0.25, 0.3) is 0 Å². The first-order valence-electron chi connectivity index (χ1n) is 6.71. The van der Waals surface area contributed by atoms with Crippen LogP contribution in [0.1, 0.15) is 45.9 Å². The summed E-state index contributed by atoms with van der Waals surface area (Å²) in [7, 11) is 2.04. The fourth-order valence-corrected chi connectivity index (χ4v) is 2.06. The standard InChI is InChI=1S/C13H26N4/c1-5-6-12(14-4)7-8-13-15-10-16-17(13)9-11(2)3/h10-12,14H,5-9H2,1-4H3. The fraction of sp³-hybridized carbons (Fsp3) is 0.846. The molecule has 0 saturated heterocycles. The van der Waals surface area contributed by atoms with E-state index in [0.717, 1.165) is 25.2 Å². The molecule has 1 rings (SSSR count). The van der Waals surface area contributed by atoms with Crippen molar-refractivity contribution < 1.29 is 0 Å². The maximum absolute atomic E-state index is 4.36. The van der Waals surface area contributed by atoms with E-state index >= 15 is 0 Å². The van der Waals surface area contributed by atoms with Crippen LogP contribution in [0.15, 0.2) is 6.33 Å². The molecule has 0 aliphatic rings. The zero-order valence-electron chi connectivity index (χ0n) is 11.6. The molecule has 1 aromatic heterocycles. The third-order valence-electron chi connectivity index (χ3n) is 3.00. The van der Waals surface area contributed by atoms with Gasteiger partial charge in [0.25, 0.3) is 0 Å². The van der Waals surface area contributed by atoms with E-state index in [1.165, 1.54) is 12.8 Å². The van der Waals surface area contributed by atoms with Gasteiger partial charge < -0.3 is 5.32 Å². The summed E-state index contributed by atoms with van der Waals surface area (Å²) in [6.45, 7) is 7.61. The number of hydrogen-bond donors (Lipinski definition) is 1. The summed E-state index contributed by atoms with van der Waals surface area (Å²) in [6, 6.07) is 0.601. The van der Waals surface area contributed by atoms with E-state index in [1.54, 1.807) is 6.33 Å². The van der Waals surface area contributed by atoms with Crippen LogP contribution >= 0.6 is 0 Å². The second kappa shape index (κ2) is 7.43. The van der Waals surface area contributed by atoms with Crippen molar-refractivity contribution in [1.29, 1.82) is 0 Å². The molecule has 0 spiro atoms. The smallest absolute Gasteiger partial charge is 0.138 e. The Morgan fingerprint density at radius 1 is 1.35 bits per heavy atom. The predicted octanol–water partition coefficient (Wildman–Crippen LogP) is 2.25. The largest absolute Gasteiger partial charge is 0.317 e. The summed E-state index contributed by atoms with van der Waals surface area (Å²) in [4.78, 5) is 4.36. The molecule has 98 valence electrons. The van der Waals surface area contributed by atoms with Crippen molar-refractivity contribution >= 4 is 0 Å². The fourth-order valence-electron chi connectivity index (χ4n) is 2.06. The highest BCUT2D eigenvalue weighted by Gasteiger charge is 2.10. The number of hydrogen-bond acceptors (Lipinski definition) is 3. The molecule has 0 aromatic carbocycles. The maximum atomic E-state index is 4.36. The van der Waals surface area contributed by atoms with Gasteiger partial charge in [0.2, 0.25) is 0 Å². The van der Waals surface area contributed by atoms with E-state index in [9.17, 15) is 0 Å². The van der Waals surface area contributed by atoms with Crippen LogP contribution in [0.3, 0.4) is 0 Å². The van der Waals surface area contributed by atoms with Gasteiger partial charge in [-0.05, 0) is 25.8 Å². The van der Waals surface area contributed by atoms with Crippen molar-refractivity contribution in [3.63, 3.8) is 0 Å². The van der Waals surface area contributed by atoms with Crippen molar-refractivity contribution in [3.8, 4) is 0 Å². The molecule has 0 aliphatic carbocycles. The molecule has 0 aliphatic heterocycles. The summed E-state index contributed by atoms with van der Waals surface area (Å²) in [5, 5.41) is 7.66. The SMILES string of the molecule is CCCC(CCc1ncnn1CC(C)C)NC. The monoisotopic (exact) mass is 238 g/mol. The second-order valence-corrected chi connectivity index (χ2v) is 5.07. The van der Waals surface area contributed by atoms with Crippen molar-refractivity contribution in [1.82, 2.24) is 20.1 Å². The van der Waals surface area contributed by atoms with Gasteiger partial charge in [0.15, 0.2) is 0 Å². The number of nitrogens with one attached hydrogen (secondary N) is 1. The molecule has 0 bridgehead atoms. The van der Waals surface area contributed by atoms with Gasteiger partial charge in [-0.3, -0.25) is 0 Å². The zero-order valence-corrected chi connectivity index (χ0v) is 11.6. The minimum Gasteiger partial charge on any atom is -0.317 e. The molecule has 1 aromatic rings. The topological polar surface area (TPSA) is 42.7 Å². The van der Waals surface area contributed by atoms with Crippen molar-refractivity contribution in [2.75, 3.05) is 7.05 Å². The first-order valence-corrected chi connectivity index (χ1v) is 6.71. The van der Waals surface area contributed by atoms with Crippen LogP contribution in [-0.4, -0.2) is 27.9 Å². The Bertz CT molecular complexity index is 306. The number of aromatic nitrogens is 3. The Labute approximate surface area is 105 Å². The van der Waals surface area contributed by atoms with Crippen LogP contribution in [-0.2, 0) is 13.0 Å². The Balaban J connectivity index is 2.47. The third kappa shape index (κ3) is 4.86. The molecular formula is C13H26N4. The zero-order chi connectivity index (χ0) is 12.7. The van der Waals surface area contributed by atoms with Gasteiger partial charge in [-0.2, -0.15) is 5.10 Å². The van der Waals surface area contributed by atoms with Crippen LogP contribution in [0.2, 0.25) is 0 Å². The van der Waals surface area contributed by atoms with Gasteiger partial charge in [0.1, 0.15) is 12.2 Å². The molecule has 1 heterocycles. The van der Waals surface area contributed by atoms with Crippen LogP contribution in [0.5, 0.6) is 0 Å². The Morgan fingerprint density at radius 2 is 2.12 bits per heavy atom.